The summed E-state index contributed by atoms with van der Waals surface area (Å²) in [5, 5.41) is 14.6. The average Bonchev–Trinajstić information content (AvgIpc) is 3.51. The third-order valence-electron chi connectivity index (χ3n) is 11.4. The molecule has 5 aromatic rings. The van der Waals surface area contributed by atoms with E-state index in [-0.39, 0.29) is 59.7 Å². The Balaban J connectivity index is 0.000000323. The first-order chi connectivity index (χ1) is 24.0. The summed E-state index contributed by atoms with van der Waals surface area (Å²) in [6.07, 6.45) is 7.16. The fraction of sp³-hybridized carbons (Fsp3) is 0.489. The van der Waals surface area contributed by atoms with Crippen molar-refractivity contribution in [3.05, 3.63) is 88.9 Å². The van der Waals surface area contributed by atoms with Gasteiger partial charge in [0.25, 0.3) is 0 Å². The Kier molecular flexibility index (Phi) is 12.8. The van der Waals surface area contributed by atoms with E-state index in [1.807, 2.05) is 27.7 Å². The zero-order valence-corrected chi connectivity index (χ0v) is 36.0. The van der Waals surface area contributed by atoms with Crippen LogP contribution in [0.5, 0.6) is 0 Å². The van der Waals surface area contributed by atoms with E-state index in [2.05, 4.69) is 110 Å². The predicted molar refractivity (Wildman–Crippen MR) is 216 cm³/mol. The first-order valence-electron chi connectivity index (χ1n) is 19.2. The molecule has 5 heteroatoms. The number of carbonyl (C=O) groups is 1. The Labute approximate surface area is 326 Å². The summed E-state index contributed by atoms with van der Waals surface area (Å²) in [6.45, 7) is 26.5. The second kappa shape index (κ2) is 16.0. The van der Waals surface area contributed by atoms with Gasteiger partial charge in [-0.15, -0.1) is 29.1 Å². The molecular formula is C47H60IrNO3-. The maximum atomic E-state index is 11.7. The summed E-state index contributed by atoms with van der Waals surface area (Å²) >= 11 is 0. The van der Waals surface area contributed by atoms with E-state index in [1.54, 1.807) is 0 Å². The maximum absolute atomic E-state index is 11.7. The molecule has 3 aromatic carbocycles. The van der Waals surface area contributed by atoms with Gasteiger partial charge in [0.05, 0.1) is 11.3 Å². The van der Waals surface area contributed by atoms with Crippen LogP contribution in [0.25, 0.3) is 43.9 Å². The van der Waals surface area contributed by atoms with Gasteiger partial charge in [-0.05, 0) is 68.4 Å². The molecule has 1 radical (unpaired) electrons. The van der Waals surface area contributed by atoms with E-state index in [9.17, 15) is 9.90 Å². The van der Waals surface area contributed by atoms with Gasteiger partial charge in [0.2, 0.25) is 0 Å². The molecule has 0 saturated heterocycles. The molecule has 0 amide bonds. The van der Waals surface area contributed by atoms with Crippen LogP contribution in [0.4, 0.5) is 0 Å². The normalized spacial score (nSPS) is 15.5. The van der Waals surface area contributed by atoms with Gasteiger partial charge < -0.3 is 9.52 Å². The van der Waals surface area contributed by atoms with Crippen LogP contribution in [-0.2, 0) is 41.1 Å². The molecule has 0 atom stereocenters. The number of aromatic nitrogens is 1. The van der Waals surface area contributed by atoms with Crippen molar-refractivity contribution in [3.8, 4) is 11.3 Å². The number of allylic oxidation sites excluding steroid dienone is 2. The molecule has 0 aliphatic heterocycles. The predicted octanol–water partition coefficient (Wildman–Crippen LogP) is 13.4. The second-order valence-electron chi connectivity index (χ2n) is 17.1. The van der Waals surface area contributed by atoms with Crippen LogP contribution in [-0.4, -0.2) is 15.9 Å². The van der Waals surface area contributed by atoms with E-state index in [4.69, 9.17) is 9.40 Å². The number of carbonyl (C=O) groups excluding carboxylic acids is 1. The van der Waals surface area contributed by atoms with E-state index in [1.165, 1.54) is 38.9 Å². The molecule has 0 spiro atoms. The maximum Gasteiger partial charge on any atom is 0.162 e. The number of hydrogen-bond donors (Lipinski definition) is 1. The zero-order valence-electron chi connectivity index (χ0n) is 33.6. The topological polar surface area (TPSA) is 63.3 Å². The van der Waals surface area contributed by atoms with Crippen LogP contribution in [0.15, 0.2) is 64.8 Å². The smallest absolute Gasteiger partial charge is 0.162 e. The first-order valence-corrected chi connectivity index (χ1v) is 19.2. The molecule has 0 bridgehead atoms. The van der Waals surface area contributed by atoms with Crippen molar-refractivity contribution < 1.29 is 34.4 Å². The summed E-state index contributed by atoms with van der Waals surface area (Å²) in [4.78, 5) is 17.0. The number of benzene rings is 3. The van der Waals surface area contributed by atoms with Crippen LogP contribution in [0.3, 0.4) is 0 Å². The molecule has 1 aliphatic rings. The van der Waals surface area contributed by atoms with Crippen LogP contribution >= 0.6 is 0 Å². The van der Waals surface area contributed by atoms with Gasteiger partial charge in [0.15, 0.2) is 5.78 Å². The number of pyridine rings is 1. The summed E-state index contributed by atoms with van der Waals surface area (Å²) in [6, 6.07) is 21.2. The Morgan fingerprint density at radius 1 is 0.904 bits per heavy atom. The summed E-state index contributed by atoms with van der Waals surface area (Å²) in [5.74, 6) is 1.67. The van der Waals surface area contributed by atoms with Crippen molar-refractivity contribution in [1.82, 2.24) is 4.98 Å². The molecule has 4 nitrogen and oxygen atoms in total. The number of furan rings is 1. The van der Waals surface area contributed by atoms with Gasteiger partial charge in [0, 0.05) is 65.5 Å². The third-order valence-corrected chi connectivity index (χ3v) is 11.4. The largest absolute Gasteiger partial charge is 0.512 e. The van der Waals surface area contributed by atoms with Crippen molar-refractivity contribution in [2.45, 2.75) is 138 Å². The number of rotatable bonds is 8. The number of aliphatic hydroxyl groups is 1. The Morgan fingerprint density at radius 2 is 1.52 bits per heavy atom. The van der Waals surface area contributed by atoms with Crippen LogP contribution in [0.2, 0.25) is 0 Å². The molecule has 2 heterocycles. The van der Waals surface area contributed by atoms with Crippen LogP contribution < -0.4 is 0 Å². The van der Waals surface area contributed by atoms with Gasteiger partial charge in [-0.25, -0.2) is 0 Å². The van der Waals surface area contributed by atoms with E-state index in [0.717, 1.165) is 72.0 Å². The number of fused-ring (bicyclic) bond motifs is 6. The third kappa shape index (κ3) is 8.12. The van der Waals surface area contributed by atoms with Crippen molar-refractivity contribution in [2.75, 3.05) is 0 Å². The monoisotopic (exact) mass is 879 g/mol. The molecule has 0 fully saturated rings. The fourth-order valence-corrected chi connectivity index (χ4v) is 7.90. The molecule has 281 valence electrons. The van der Waals surface area contributed by atoms with E-state index >= 15 is 0 Å². The van der Waals surface area contributed by atoms with Gasteiger partial charge in [-0.3, -0.25) is 9.78 Å². The molecule has 1 N–H and O–H groups in total. The van der Waals surface area contributed by atoms with Crippen molar-refractivity contribution >= 4 is 38.4 Å². The Hall–Kier alpha value is -3.27. The van der Waals surface area contributed by atoms with Crippen molar-refractivity contribution in [2.24, 2.45) is 11.8 Å². The SMILES string of the molecule is CCC(CC)C(=O)/C=C(\O)C(CC)CC.Cc1ccc2nc(-c3[c-]c4ccccc4c(C(C)(C)C)c3)c3oc4c(c3c2c1)C(C)(C)CCC4(C)C.[Ir]. The summed E-state index contributed by atoms with van der Waals surface area (Å²) in [5.41, 5.74) is 7.77. The number of hydrogen-bond acceptors (Lipinski definition) is 4. The van der Waals surface area contributed by atoms with E-state index in [0.29, 0.717) is 0 Å². The Bertz CT molecular complexity index is 2080. The molecule has 1 aliphatic carbocycles. The second-order valence-corrected chi connectivity index (χ2v) is 17.1. The molecule has 52 heavy (non-hydrogen) atoms. The Morgan fingerprint density at radius 3 is 2.13 bits per heavy atom. The number of aliphatic hydroxyl groups excluding tert-OH is 1. The van der Waals surface area contributed by atoms with Crippen molar-refractivity contribution in [3.63, 3.8) is 0 Å². The van der Waals surface area contributed by atoms with Gasteiger partial charge in [0.1, 0.15) is 11.3 Å². The number of aryl methyl sites for hydroxylation is 1. The molecule has 6 rings (SSSR count). The quantitative estimate of drug-likeness (QED) is 0.0958. The molecule has 0 saturated carbocycles. The minimum absolute atomic E-state index is 0. The van der Waals surface area contributed by atoms with Crippen LogP contribution in [0.1, 0.15) is 137 Å². The minimum Gasteiger partial charge on any atom is -0.512 e. The first kappa shape index (κ1) is 41.5. The zero-order chi connectivity index (χ0) is 37.5. The van der Waals surface area contributed by atoms with Gasteiger partial charge in [-0.2, -0.15) is 0 Å². The van der Waals surface area contributed by atoms with Gasteiger partial charge >= 0.3 is 0 Å². The summed E-state index contributed by atoms with van der Waals surface area (Å²) < 4.78 is 6.93. The molecular weight excluding hydrogens is 819 g/mol. The van der Waals surface area contributed by atoms with E-state index < -0.39 is 0 Å². The molecule has 0 unspecified atom stereocenters. The van der Waals surface area contributed by atoms with Crippen LogP contribution in [0, 0.1) is 24.8 Å². The summed E-state index contributed by atoms with van der Waals surface area (Å²) in [7, 11) is 0. The number of ketones is 1. The molecule has 2 aromatic heterocycles. The fourth-order valence-electron chi connectivity index (χ4n) is 7.90. The van der Waals surface area contributed by atoms with Gasteiger partial charge in [-0.1, -0.05) is 117 Å². The number of nitrogens with zero attached hydrogens (tertiary/aromatic N) is 1. The minimum atomic E-state index is -0.0129. The van der Waals surface area contributed by atoms with Crippen molar-refractivity contribution in [1.29, 1.82) is 0 Å². The average molecular weight is 879 g/mol. The standard InChI is InChI=1S/C34H36NO.C13H24O2.Ir/c1-20-13-14-26-24(17-20)27-28-31(34(7,8)16-15-33(28,5)6)36-30(27)29(35-26)22-18-21-11-9-10-12-23(21)25(19-22)32(2,3)4;1-5-10(6-2)12(14)9-13(15)11(7-3)8-4;/h9-14,17,19H,15-16H2,1-8H3;9-11,14H,5-8H2,1-4H3;/q-1;;/b;12-9-;.